The number of hydrogen-bond donors (Lipinski definition) is 2. The van der Waals surface area contributed by atoms with Gasteiger partial charge in [0, 0.05) is 12.1 Å². The van der Waals surface area contributed by atoms with E-state index >= 15 is 0 Å². The highest BCUT2D eigenvalue weighted by Crippen LogP contribution is 2.16. The van der Waals surface area contributed by atoms with Crippen LogP contribution < -0.4 is 5.43 Å². The molecular weight excluding hydrogens is 186 g/mol. The number of nitro benzene ring substituents is 1. The number of anilines is 1. The Morgan fingerprint density at radius 1 is 1.64 bits per heavy atom. The van der Waals surface area contributed by atoms with E-state index in [4.69, 9.17) is 5.11 Å². The third-order valence-electron chi connectivity index (χ3n) is 1.42. The van der Waals surface area contributed by atoms with Gasteiger partial charge in [-0.1, -0.05) is 6.07 Å². The van der Waals surface area contributed by atoms with Crippen LogP contribution in [-0.2, 0) is 0 Å². The van der Waals surface area contributed by atoms with Crippen molar-refractivity contribution in [2.75, 3.05) is 12.0 Å². The van der Waals surface area contributed by atoms with Gasteiger partial charge in [0.05, 0.1) is 23.4 Å². The van der Waals surface area contributed by atoms with Crippen molar-refractivity contribution < 1.29 is 10.0 Å². The van der Waals surface area contributed by atoms with Crippen molar-refractivity contribution in [2.24, 2.45) is 5.10 Å². The molecule has 0 saturated carbocycles. The van der Waals surface area contributed by atoms with E-state index in [1.807, 2.05) is 0 Å². The molecule has 0 aliphatic rings. The van der Waals surface area contributed by atoms with Crippen LogP contribution in [0, 0.1) is 10.1 Å². The lowest BCUT2D eigenvalue weighted by Crippen LogP contribution is -1.93. The van der Waals surface area contributed by atoms with E-state index in [0.717, 1.165) is 0 Å². The third-order valence-corrected chi connectivity index (χ3v) is 1.42. The minimum absolute atomic E-state index is 0.00537. The van der Waals surface area contributed by atoms with E-state index in [1.54, 1.807) is 12.1 Å². The molecule has 2 N–H and O–H groups in total. The molecule has 1 aromatic carbocycles. The van der Waals surface area contributed by atoms with Crippen molar-refractivity contribution >= 4 is 17.6 Å². The zero-order valence-electron chi connectivity index (χ0n) is 7.25. The SMILES string of the molecule is O=[N+]([O-])c1cccc(NN=CCO)c1. The van der Waals surface area contributed by atoms with Crippen LogP contribution in [0.1, 0.15) is 0 Å². The Kier molecular flexibility index (Phi) is 3.57. The largest absolute Gasteiger partial charge is 0.391 e. The van der Waals surface area contributed by atoms with Gasteiger partial charge in [-0.05, 0) is 6.07 Å². The van der Waals surface area contributed by atoms with Gasteiger partial charge < -0.3 is 5.11 Å². The zero-order chi connectivity index (χ0) is 10.4. The third kappa shape index (κ3) is 2.83. The lowest BCUT2D eigenvalue weighted by atomic mass is 10.3. The molecule has 1 rings (SSSR count). The highest BCUT2D eigenvalue weighted by Gasteiger charge is 2.04. The molecule has 0 radical (unpaired) electrons. The van der Waals surface area contributed by atoms with Crippen LogP contribution >= 0.6 is 0 Å². The standard InChI is InChI=1S/C8H9N3O3/c12-5-4-9-10-7-2-1-3-8(6-7)11(13)14/h1-4,6,10,12H,5H2. The van der Waals surface area contributed by atoms with E-state index in [-0.39, 0.29) is 12.3 Å². The van der Waals surface area contributed by atoms with Crippen molar-refractivity contribution in [3.63, 3.8) is 0 Å². The number of nitro groups is 1. The Hall–Kier alpha value is -1.95. The summed E-state index contributed by atoms with van der Waals surface area (Å²) < 4.78 is 0. The summed E-state index contributed by atoms with van der Waals surface area (Å²) in [4.78, 5) is 9.90. The summed E-state index contributed by atoms with van der Waals surface area (Å²) in [6, 6.07) is 5.94. The summed E-state index contributed by atoms with van der Waals surface area (Å²) in [5, 5.41) is 22.4. The van der Waals surface area contributed by atoms with Gasteiger partial charge in [-0.2, -0.15) is 5.10 Å². The highest BCUT2D eigenvalue weighted by atomic mass is 16.6. The van der Waals surface area contributed by atoms with Gasteiger partial charge >= 0.3 is 0 Å². The van der Waals surface area contributed by atoms with E-state index in [0.29, 0.717) is 5.69 Å². The summed E-state index contributed by atoms with van der Waals surface area (Å²) in [6.07, 6.45) is 1.25. The molecule has 6 heteroatoms. The molecule has 0 atom stereocenters. The van der Waals surface area contributed by atoms with Crippen LogP contribution in [0.2, 0.25) is 0 Å². The van der Waals surface area contributed by atoms with E-state index in [2.05, 4.69) is 10.5 Å². The van der Waals surface area contributed by atoms with Crippen LogP contribution in [-0.4, -0.2) is 22.9 Å². The quantitative estimate of drug-likeness (QED) is 0.426. The highest BCUT2D eigenvalue weighted by molar-refractivity contribution is 5.60. The number of hydrazone groups is 1. The Morgan fingerprint density at radius 2 is 2.43 bits per heavy atom. The van der Waals surface area contributed by atoms with Gasteiger partial charge in [0.25, 0.3) is 5.69 Å². The smallest absolute Gasteiger partial charge is 0.271 e. The maximum atomic E-state index is 10.4. The number of non-ortho nitro benzene ring substituents is 1. The Morgan fingerprint density at radius 3 is 3.07 bits per heavy atom. The normalized spacial score (nSPS) is 10.4. The Labute approximate surface area is 80.0 Å². The molecule has 0 saturated heterocycles. The fraction of sp³-hybridized carbons (Fsp3) is 0.125. The lowest BCUT2D eigenvalue weighted by Gasteiger charge is -1.98. The number of aliphatic hydroxyl groups excluding tert-OH is 1. The predicted octanol–water partition coefficient (Wildman–Crippen LogP) is 0.985. The van der Waals surface area contributed by atoms with Gasteiger partial charge in [-0.15, -0.1) is 0 Å². The van der Waals surface area contributed by atoms with Gasteiger partial charge in [-0.25, -0.2) is 0 Å². The number of hydrogen-bond acceptors (Lipinski definition) is 5. The summed E-state index contributed by atoms with van der Waals surface area (Å²) in [5.41, 5.74) is 3.04. The van der Waals surface area contributed by atoms with E-state index in [9.17, 15) is 10.1 Å². The number of benzene rings is 1. The zero-order valence-corrected chi connectivity index (χ0v) is 7.25. The first-order valence-electron chi connectivity index (χ1n) is 3.87. The number of nitrogens with one attached hydrogen (secondary N) is 1. The summed E-state index contributed by atoms with van der Waals surface area (Å²) in [5.74, 6) is 0. The summed E-state index contributed by atoms with van der Waals surface area (Å²) in [7, 11) is 0. The second kappa shape index (κ2) is 4.93. The Balaban J connectivity index is 2.73. The number of nitrogens with zero attached hydrogens (tertiary/aromatic N) is 2. The van der Waals surface area contributed by atoms with Gasteiger partial charge in [-0.3, -0.25) is 15.5 Å². The molecular formula is C8H9N3O3. The van der Waals surface area contributed by atoms with Crippen molar-refractivity contribution in [3.05, 3.63) is 34.4 Å². The molecule has 0 aromatic heterocycles. The van der Waals surface area contributed by atoms with Crippen molar-refractivity contribution in [1.29, 1.82) is 0 Å². The first-order chi connectivity index (χ1) is 6.74. The first-order valence-corrected chi connectivity index (χ1v) is 3.87. The minimum Gasteiger partial charge on any atom is -0.391 e. The molecule has 0 amide bonds. The van der Waals surface area contributed by atoms with Crippen LogP contribution in [0.5, 0.6) is 0 Å². The van der Waals surface area contributed by atoms with Crippen LogP contribution in [0.3, 0.4) is 0 Å². The topological polar surface area (TPSA) is 87.8 Å². The monoisotopic (exact) mass is 195 g/mol. The molecule has 14 heavy (non-hydrogen) atoms. The van der Waals surface area contributed by atoms with Crippen LogP contribution in [0.25, 0.3) is 0 Å². The molecule has 74 valence electrons. The van der Waals surface area contributed by atoms with Crippen LogP contribution in [0.15, 0.2) is 29.4 Å². The van der Waals surface area contributed by atoms with Gasteiger partial charge in [0.1, 0.15) is 0 Å². The van der Waals surface area contributed by atoms with E-state index in [1.165, 1.54) is 18.3 Å². The average Bonchev–Trinajstić information content (AvgIpc) is 2.19. The summed E-state index contributed by atoms with van der Waals surface area (Å²) >= 11 is 0. The average molecular weight is 195 g/mol. The molecule has 1 aromatic rings. The van der Waals surface area contributed by atoms with E-state index < -0.39 is 4.92 Å². The second-order valence-electron chi connectivity index (χ2n) is 2.41. The van der Waals surface area contributed by atoms with Gasteiger partial charge in [0.2, 0.25) is 0 Å². The lowest BCUT2D eigenvalue weighted by molar-refractivity contribution is -0.384. The van der Waals surface area contributed by atoms with Crippen molar-refractivity contribution in [1.82, 2.24) is 0 Å². The molecule has 0 spiro atoms. The number of rotatable bonds is 4. The molecule has 0 unspecified atom stereocenters. The fourth-order valence-corrected chi connectivity index (χ4v) is 0.850. The fourth-order valence-electron chi connectivity index (χ4n) is 0.850. The molecule has 0 bridgehead atoms. The maximum Gasteiger partial charge on any atom is 0.271 e. The predicted molar refractivity (Wildman–Crippen MR) is 52.3 cm³/mol. The van der Waals surface area contributed by atoms with Crippen molar-refractivity contribution in [3.8, 4) is 0 Å². The number of aliphatic hydroxyl groups is 1. The molecule has 0 aliphatic heterocycles. The van der Waals surface area contributed by atoms with Crippen LogP contribution in [0.4, 0.5) is 11.4 Å². The maximum absolute atomic E-state index is 10.4. The summed E-state index contributed by atoms with van der Waals surface area (Å²) in [6.45, 7) is -0.179. The Bertz CT molecular complexity index is 351. The molecule has 0 fully saturated rings. The van der Waals surface area contributed by atoms with Gasteiger partial charge in [0.15, 0.2) is 0 Å². The second-order valence-corrected chi connectivity index (χ2v) is 2.41. The molecule has 0 heterocycles. The minimum atomic E-state index is -0.485. The first kappa shape index (κ1) is 10.1. The molecule has 6 nitrogen and oxygen atoms in total. The van der Waals surface area contributed by atoms with Crippen molar-refractivity contribution in [2.45, 2.75) is 0 Å². The molecule has 0 aliphatic carbocycles.